The minimum atomic E-state index is -0.280. The first-order chi connectivity index (χ1) is 31.7. The van der Waals surface area contributed by atoms with Gasteiger partial charge in [0.05, 0.1) is 52.0 Å². The summed E-state index contributed by atoms with van der Waals surface area (Å²) in [6.07, 6.45) is 0. The van der Waals surface area contributed by atoms with Crippen molar-refractivity contribution in [2.24, 2.45) is 0 Å². The molecule has 7 heteroatoms. The zero-order valence-corrected chi connectivity index (χ0v) is 36.0. The van der Waals surface area contributed by atoms with Crippen molar-refractivity contribution in [2.45, 2.75) is 26.2 Å². The molecule has 65 heavy (non-hydrogen) atoms. The predicted octanol–water partition coefficient (Wildman–Crippen LogP) is 13.9. The van der Waals surface area contributed by atoms with Crippen LogP contribution in [0.15, 0.2) is 182 Å². The predicted molar refractivity (Wildman–Crippen MR) is 258 cm³/mol. The Labute approximate surface area is 378 Å². The van der Waals surface area contributed by atoms with Crippen molar-refractivity contribution in [3.63, 3.8) is 0 Å². The summed E-state index contributed by atoms with van der Waals surface area (Å²) in [4.78, 5) is 18.1. The number of anilines is 3. The largest absolute Gasteiger partial charge is 0.309 e. The topological polar surface area (TPSA) is 113 Å². The van der Waals surface area contributed by atoms with Gasteiger partial charge in [0.25, 0.3) is 0 Å². The zero-order valence-electron chi connectivity index (χ0n) is 36.0. The van der Waals surface area contributed by atoms with Crippen LogP contribution in [0.5, 0.6) is 0 Å². The van der Waals surface area contributed by atoms with Crippen LogP contribution in [0.25, 0.3) is 67.5 Å². The smallest absolute Gasteiger partial charge is 0.166 e. The summed E-state index contributed by atoms with van der Waals surface area (Å²) in [5.74, 6) is 1.51. The lowest BCUT2D eigenvalue weighted by Crippen LogP contribution is -2.30. The summed E-state index contributed by atoms with van der Waals surface area (Å²) in [7, 11) is 0. The molecule has 0 atom stereocenters. The molecule has 1 aliphatic heterocycles. The summed E-state index contributed by atoms with van der Waals surface area (Å²) in [6.45, 7) is 6.60. The van der Waals surface area contributed by atoms with Crippen molar-refractivity contribution in [2.75, 3.05) is 4.90 Å². The maximum atomic E-state index is 9.87. The van der Waals surface area contributed by atoms with Gasteiger partial charge in [0, 0.05) is 22.1 Å². The highest BCUT2D eigenvalue weighted by molar-refractivity contribution is 5.94. The summed E-state index contributed by atoms with van der Waals surface area (Å²) >= 11 is 0. The van der Waals surface area contributed by atoms with Gasteiger partial charge in [0.15, 0.2) is 17.5 Å². The minimum absolute atomic E-state index is 0.280. The summed E-state index contributed by atoms with van der Waals surface area (Å²) in [5.41, 5.74) is 16.0. The minimum Gasteiger partial charge on any atom is -0.309 e. The van der Waals surface area contributed by atoms with Crippen molar-refractivity contribution >= 4 is 17.1 Å². The van der Waals surface area contributed by atoms with E-state index >= 15 is 0 Å². The number of aryl methyl sites for hydroxylation is 1. The van der Waals surface area contributed by atoms with Gasteiger partial charge in [-0.2, -0.15) is 15.8 Å². The number of fused-ring (bicyclic) bond motifs is 2. The van der Waals surface area contributed by atoms with E-state index in [1.165, 1.54) is 11.1 Å². The number of hydrogen-bond donors (Lipinski definition) is 0. The molecule has 0 amide bonds. The third kappa shape index (κ3) is 7.36. The molecule has 0 radical (unpaired) electrons. The Balaban J connectivity index is 1.20. The Hall–Kier alpha value is -8.96. The van der Waals surface area contributed by atoms with E-state index in [-0.39, 0.29) is 5.41 Å². The normalized spacial score (nSPS) is 12.3. The first kappa shape index (κ1) is 40.1. The molecule has 10 rings (SSSR count). The van der Waals surface area contributed by atoms with Crippen molar-refractivity contribution in [1.29, 1.82) is 15.8 Å². The lowest BCUT2D eigenvalue weighted by Gasteiger charge is -2.42. The molecule has 0 fully saturated rings. The van der Waals surface area contributed by atoms with Gasteiger partial charge < -0.3 is 4.90 Å². The van der Waals surface area contributed by atoms with E-state index in [4.69, 9.17) is 15.0 Å². The molecule has 7 nitrogen and oxygen atoms in total. The number of para-hydroxylation sites is 2. The highest BCUT2D eigenvalue weighted by Gasteiger charge is 2.37. The molecule has 9 aromatic rings. The van der Waals surface area contributed by atoms with Gasteiger partial charge in [-0.3, -0.25) is 0 Å². The fourth-order valence-corrected chi connectivity index (χ4v) is 8.97. The third-order valence-corrected chi connectivity index (χ3v) is 12.3. The SMILES string of the molecule is Cc1cc(-c2cccc(C#N)c2)ccc1-c1nc(-c2ccc(-c3cccc(C#N)c3)cc2)nc(-c2ccc(-c3cccc(C#N)c3)cc2N2c3ccccc3C(C)(C)c3ccccc32)n1. The van der Waals surface area contributed by atoms with Crippen LogP contribution < -0.4 is 4.90 Å². The molecular formula is C58H39N7. The molecule has 0 saturated heterocycles. The number of hydrogen-bond acceptors (Lipinski definition) is 7. The number of aromatic nitrogens is 3. The Morgan fingerprint density at radius 1 is 0.385 bits per heavy atom. The second-order valence-electron chi connectivity index (χ2n) is 16.7. The molecule has 0 N–H and O–H groups in total. The molecule has 1 aromatic heterocycles. The molecule has 1 aliphatic rings. The second-order valence-corrected chi connectivity index (χ2v) is 16.7. The lowest BCUT2D eigenvalue weighted by atomic mass is 9.73. The van der Waals surface area contributed by atoms with E-state index < -0.39 is 0 Å². The van der Waals surface area contributed by atoms with E-state index in [2.05, 4.69) is 117 Å². The van der Waals surface area contributed by atoms with Crippen LogP contribution in [-0.4, -0.2) is 15.0 Å². The molecular weight excluding hydrogens is 795 g/mol. The summed E-state index contributed by atoms with van der Waals surface area (Å²) in [5, 5.41) is 29.1. The number of nitrogens with zero attached hydrogens (tertiary/aromatic N) is 7. The number of rotatable bonds is 7. The molecule has 0 saturated carbocycles. The first-order valence-corrected chi connectivity index (χ1v) is 21.3. The number of nitriles is 3. The average Bonchev–Trinajstić information content (AvgIpc) is 3.36. The Morgan fingerprint density at radius 2 is 0.800 bits per heavy atom. The van der Waals surface area contributed by atoms with E-state index in [0.717, 1.165) is 72.7 Å². The fraction of sp³-hybridized carbons (Fsp3) is 0.0690. The third-order valence-electron chi connectivity index (χ3n) is 12.3. The van der Waals surface area contributed by atoms with Gasteiger partial charge in [0.2, 0.25) is 0 Å². The fourth-order valence-electron chi connectivity index (χ4n) is 8.97. The van der Waals surface area contributed by atoms with Crippen molar-refractivity contribution < 1.29 is 0 Å². The van der Waals surface area contributed by atoms with Gasteiger partial charge in [-0.25, -0.2) is 15.0 Å². The highest BCUT2D eigenvalue weighted by atomic mass is 15.2. The molecule has 0 bridgehead atoms. The highest BCUT2D eigenvalue weighted by Crippen LogP contribution is 2.53. The maximum absolute atomic E-state index is 9.87. The van der Waals surface area contributed by atoms with Gasteiger partial charge in [-0.1, -0.05) is 135 Å². The van der Waals surface area contributed by atoms with Crippen LogP contribution >= 0.6 is 0 Å². The van der Waals surface area contributed by atoms with Crippen LogP contribution in [0.1, 0.15) is 47.2 Å². The van der Waals surface area contributed by atoms with Crippen molar-refractivity contribution in [3.8, 4) is 85.8 Å². The Bertz CT molecular complexity index is 3420. The van der Waals surface area contributed by atoms with Crippen molar-refractivity contribution in [3.05, 3.63) is 215 Å². The van der Waals surface area contributed by atoms with Crippen LogP contribution in [0.4, 0.5) is 17.1 Å². The molecule has 306 valence electrons. The van der Waals surface area contributed by atoms with Crippen LogP contribution in [0.2, 0.25) is 0 Å². The van der Waals surface area contributed by atoms with E-state index in [0.29, 0.717) is 34.2 Å². The van der Waals surface area contributed by atoms with Crippen molar-refractivity contribution in [1.82, 2.24) is 15.0 Å². The summed E-state index contributed by atoms with van der Waals surface area (Å²) in [6, 6.07) is 67.4. The quantitative estimate of drug-likeness (QED) is 0.157. The summed E-state index contributed by atoms with van der Waals surface area (Å²) < 4.78 is 0. The molecule has 0 aliphatic carbocycles. The van der Waals surface area contributed by atoms with Gasteiger partial charge in [-0.15, -0.1) is 0 Å². The molecule has 0 unspecified atom stereocenters. The van der Waals surface area contributed by atoms with Crippen LogP contribution in [0, 0.1) is 40.9 Å². The molecule has 8 aromatic carbocycles. The standard InChI is InChI=1S/C58H39N7/c1-37-29-46(44-15-9-12-39(31-44)35-60)25-27-48(37)56-62-55(42-23-21-41(22-24-42)43-14-8-11-38(30-43)34-59)63-57(64-56)49-28-26-47(45-16-10-13-40(32-45)36-61)33-54(49)65-52-19-6-4-17-50(52)58(2,3)51-18-5-7-20-53(51)65/h4-33H,1-3H3. The monoisotopic (exact) mass is 833 g/mol. The average molecular weight is 834 g/mol. The zero-order chi connectivity index (χ0) is 44.7. The molecule has 0 spiro atoms. The van der Waals surface area contributed by atoms with E-state index in [9.17, 15) is 15.8 Å². The van der Waals surface area contributed by atoms with Crippen LogP contribution in [0.3, 0.4) is 0 Å². The molecule has 2 heterocycles. The van der Waals surface area contributed by atoms with Crippen LogP contribution in [-0.2, 0) is 5.41 Å². The lowest BCUT2D eigenvalue weighted by molar-refractivity contribution is 0.632. The van der Waals surface area contributed by atoms with Gasteiger partial charge >= 0.3 is 0 Å². The van der Waals surface area contributed by atoms with Gasteiger partial charge in [-0.05, 0) is 118 Å². The first-order valence-electron chi connectivity index (χ1n) is 21.3. The number of benzene rings is 8. The maximum Gasteiger partial charge on any atom is 0.166 e. The van der Waals surface area contributed by atoms with Gasteiger partial charge in [0.1, 0.15) is 0 Å². The Morgan fingerprint density at radius 3 is 1.32 bits per heavy atom. The van der Waals surface area contributed by atoms with E-state index in [1.807, 2.05) is 97.1 Å². The second kappa shape index (κ2) is 16.4. The Kier molecular flexibility index (Phi) is 10.1. The van der Waals surface area contributed by atoms with E-state index in [1.54, 1.807) is 12.1 Å².